The van der Waals surface area contributed by atoms with Gasteiger partial charge in [0.15, 0.2) is 5.78 Å². The molecule has 0 saturated carbocycles. The fourth-order valence-electron chi connectivity index (χ4n) is 0.154. The number of alkyl halides is 2. The number of hydrogen-bond donors (Lipinski definition) is 0. The lowest BCUT2D eigenvalue weighted by Gasteiger charge is -1.91. The predicted molar refractivity (Wildman–Crippen MR) is 37.3 cm³/mol. The molecule has 0 aliphatic carbocycles. The minimum Gasteiger partial charge on any atom is -0.291 e. The van der Waals surface area contributed by atoms with E-state index in [9.17, 15) is 9.59 Å². The van der Waals surface area contributed by atoms with E-state index < -0.39 is 15.3 Å². The molecular weight excluding hydrogens is 240 g/mol. The van der Waals surface area contributed by atoms with Crippen LogP contribution in [-0.2, 0) is 9.59 Å². The Balaban J connectivity index is 3.84. The van der Waals surface area contributed by atoms with Gasteiger partial charge in [0, 0.05) is 6.92 Å². The smallest absolute Gasteiger partial charge is 0.222 e. The molecule has 0 rings (SSSR count). The van der Waals surface area contributed by atoms with Crippen LogP contribution in [-0.4, -0.2) is 15.3 Å². The van der Waals surface area contributed by atoms with Crippen molar-refractivity contribution >= 4 is 43.4 Å². The van der Waals surface area contributed by atoms with Crippen molar-refractivity contribution in [1.82, 2.24) is 0 Å². The van der Waals surface area contributed by atoms with Gasteiger partial charge >= 0.3 is 0 Å². The Morgan fingerprint density at radius 1 is 1.38 bits per heavy atom. The Bertz CT molecular complexity index is 119. The maximum absolute atomic E-state index is 10.4. The van der Waals surface area contributed by atoms with Crippen LogP contribution in [0.5, 0.6) is 0 Å². The molecule has 0 N–H and O–H groups in total. The molecule has 4 heteroatoms. The van der Waals surface area contributed by atoms with Crippen molar-refractivity contribution in [2.45, 2.75) is 10.7 Å². The summed E-state index contributed by atoms with van der Waals surface area (Å²) >= 11 is 5.77. The highest BCUT2D eigenvalue weighted by Gasteiger charge is 2.14. The van der Waals surface area contributed by atoms with Crippen LogP contribution in [0, 0.1) is 0 Å². The van der Waals surface area contributed by atoms with E-state index in [2.05, 4.69) is 31.9 Å². The normalized spacial score (nSPS) is 9.50. The lowest BCUT2D eigenvalue weighted by molar-refractivity contribution is -0.134. The first-order valence-electron chi connectivity index (χ1n) is 1.88. The summed E-state index contributed by atoms with van der Waals surface area (Å²) in [5, 5.41) is 0. The van der Waals surface area contributed by atoms with Crippen LogP contribution in [0.2, 0.25) is 0 Å². The van der Waals surface area contributed by atoms with Crippen LogP contribution in [0.15, 0.2) is 0 Å². The molecule has 0 radical (unpaired) electrons. The van der Waals surface area contributed by atoms with Gasteiger partial charge < -0.3 is 0 Å². The van der Waals surface area contributed by atoms with Crippen LogP contribution in [0.25, 0.3) is 0 Å². The molecule has 0 aliphatic heterocycles. The minimum absolute atomic E-state index is 0.441. The highest BCUT2D eigenvalue weighted by Crippen LogP contribution is 2.08. The van der Waals surface area contributed by atoms with E-state index in [1.54, 1.807) is 0 Å². The largest absolute Gasteiger partial charge is 0.291 e. The van der Waals surface area contributed by atoms with Crippen molar-refractivity contribution in [2.75, 3.05) is 0 Å². The van der Waals surface area contributed by atoms with Crippen molar-refractivity contribution in [3.05, 3.63) is 0 Å². The second-order valence-corrected chi connectivity index (χ2v) is 4.28. The second kappa shape index (κ2) is 3.35. The van der Waals surface area contributed by atoms with Gasteiger partial charge in [-0.3, -0.25) is 9.59 Å². The zero-order chi connectivity index (χ0) is 6.73. The molecule has 0 aromatic carbocycles. The van der Waals surface area contributed by atoms with Gasteiger partial charge in [-0.15, -0.1) is 0 Å². The summed E-state index contributed by atoms with van der Waals surface area (Å²) in [6.07, 6.45) is 0. The van der Waals surface area contributed by atoms with E-state index in [0.717, 1.165) is 0 Å². The Morgan fingerprint density at radius 2 is 1.75 bits per heavy atom. The minimum atomic E-state index is -0.521. The average Bonchev–Trinajstić information content (AvgIpc) is 1.64. The molecule has 0 aromatic heterocycles. The zero-order valence-corrected chi connectivity index (χ0v) is 7.32. The van der Waals surface area contributed by atoms with Gasteiger partial charge in [-0.1, -0.05) is 31.9 Å². The van der Waals surface area contributed by atoms with Crippen LogP contribution in [0.1, 0.15) is 6.92 Å². The van der Waals surface area contributed by atoms with E-state index >= 15 is 0 Å². The van der Waals surface area contributed by atoms with Crippen molar-refractivity contribution in [1.29, 1.82) is 0 Å². The number of carbonyl (C=O) groups is 2. The van der Waals surface area contributed by atoms with Gasteiger partial charge in [0.05, 0.1) is 0 Å². The number of hydrogen-bond acceptors (Lipinski definition) is 2. The fraction of sp³-hybridized carbons (Fsp3) is 0.500. The van der Waals surface area contributed by atoms with Crippen LogP contribution in [0.4, 0.5) is 0 Å². The molecule has 0 fully saturated rings. The summed E-state index contributed by atoms with van der Waals surface area (Å²) in [5.74, 6) is -0.895. The summed E-state index contributed by atoms with van der Waals surface area (Å²) in [6.45, 7) is 1.23. The van der Waals surface area contributed by atoms with Gasteiger partial charge in [0.1, 0.15) is 3.74 Å². The summed E-state index contributed by atoms with van der Waals surface area (Å²) in [5.41, 5.74) is 0. The van der Waals surface area contributed by atoms with Gasteiger partial charge in [0.25, 0.3) is 0 Å². The second-order valence-electron chi connectivity index (χ2n) is 1.22. The molecule has 0 heterocycles. The topological polar surface area (TPSA) is 34.1 Å². The Hall–Kier alpha value is 0.300. The Labute approximate surface area is 63.9 Å². The molecular formula is C4H4Br2O2. The van der Waals surface area contributed by atoms with Crippen molar-refractivity contribution in [3.63, 3.8) is 0 Å². The van der Waals surface area contributed by atoms with Gasteiger partial charge in [-0.2, -0.15) is 0 Å². The molecule has 46 valence electrons. The molecule has 8 heavy (non-hydrogen) atoms. The quantitative estimate of drug-likeness (QED) is 0.541. The van der Waals surface area contributed by atoms with Gasteiger partial charge in [-0.05, 0) is 0 Å². The Kier molecular flexibility index (Phi) is 3.48. The van der Waals surface area contributed by atoms with E-state index in [-0.39, 0.29) is 0 Å². The highest BCUT2D eigenvalue weighted by molar-refractivity contribution is 9.25. The zero-order valence-electron chi connectivity index (χ0n) is 4.15. The standard InChI is InChI=1S/C4H4Br2O2/c1-2(7)3(8)4(5)6/h4H,1H3. The van der Waals surface area contributed by atoms with Crippen molar-refractivity contribution in [2.24, 2.45) is 0 Å². The molecule has 0 unspecified atom stereocenters. The fourth-order valence-corrected chi connectivity index (χ4v) is 0.798. The number of halogens is 2. The lowest BCUT2D eigenvalue weighted by atomic mass is 10.3. The molecule has 2 nitrogen and oxygen atoms in total. The molecule has 0 amide bonds. The molecule has 0 atom stereocenters. The summed E-state index contributed by atoms with van der Waals surface area (Å²) in [7, 11) is 0. The summed E-state index contributed by atoms with van der Waals surface area (Å²) in [4.78, 5) is 20.6. The van der Waals surface area contributed by atoms with E-state index in [1.807, 2.05) is 0 Å². The number of carbonyl (C=O) groups excluding carboxylic acids is 2. The first-order valence-corrected chi connectivity index (χ1v) is 3.71. The monoisotopic (exact) mass is 242 g/mol. The highest BCUT2D eigenvalue weighted by atomic mass is 79.9. The molecule has 0 aliphatic rings. The van der Waals surface area contributed by atoms with Crippen LogP contribution < -0.4 is 0 Å². The van der Waals surface area contributed by atoms with Gasteiger partial charge in [0.2, 0.25) is 5.78 Å². The molecule has 0 spiro atoms. The molecule has 0 aromatic rings. The third-order valence-electron chi connectivity index (χ3n) is 0.545. The van der Waals surface area contributed by atoms with Crippen molar-refractivity contribution < 1.29 is 9.59 Å². The maximum atomic E-state index is 10.4. The maximum Gasteiger partial charge on any atom is 0.222 e. The van der Waals surface area contributed by atoms with E-state index in [0.29, 0.717) is 0 Å². The van der Waals surface area contributed by atoms with Gasteiger partial charge in [-0.25, -0.2) is 0 Å². The lowest BCUT2D eigenvalue weighted by Crippen LogP contribution is -2.15. The number of ketones is 2. The van der Waals surface area contributed by atoms with E-state index in [1.165, 1.54) is 6.92 Å². The van der Waals surface area contributed by atoms with Crippen molar-refractivity contribution in [3.8, 4) is 0 Å². The summed E-state index contributed by atoms with van der Waals surface area (Å²) < 4.78 is -0.521. The third-order valence-corrected chi connectivity index (χ3v) is 1.38. The Morgan fingerprint density at radius 3 is 1.75 bits per heavy atom. The average molecular weight is 244 g/mol. The first-order chi connectivity index (χ1) is 3.55. The van der Waals surface area contributed by atoms with Crippen LogP contribution in [0.3, 0.4) is 0 Å². The molecule has 0 saturated heterocycles. The first kappa shape index (κ1) is 8.30. The SMILES string of the molecule is CC(=O)C(=O)C(Br)Br. The van der Waals surface area contributed by atoms with E-state index in [4.69, 9.17) is 0 Å². The number of Topliss-reactive ketones (excluding diaryl/α,β-unsaturated/α-hetero) is 2. The summed E-state index contributed by atoms with van der Waals surface area (Å²) in [6, 6.07) is 0. The van der Waals surface area contributed by atoms with Crippen LogP contribution >= 0.6 is 31.9 Å². The predicted octanol–water partition coefficient (Wildman–Crippen LogP) is 1.26. The molecule has 0 bridgehead atoms. The number of rotatable bonds is 2. The third kappa shape index (κ3) is 2.57.